The Balaban J connectivity index is 1.92. The van der Waals surface area contributed by atoms with Crippen molar-refractivity contribution in [3.8, 4) is 0 Å². The fourth-order valence-electron chi connectivity index (χ4n) is 3.69. The molecule has 1 N–H and O–H groups in total. The van der Waals surface area contributed by atoms with Gasteiger partial charge in [-0.3, -0.25) is 0 Å². The second-order valence-electron chi connectivity index (χ2n) is 5.69. The predicted molar refractivity (Wildman–Crippen MR) is 70.7 cm³/mol. The zero-order valence-corrected chi connectivity index (χ0v) is 11.0. The van der Waals surface area contributed by atoms with Gasteiger partial charge < -0.3 is 5.32 Å². The van der Waals surface area contributed by atoms with Crippen LogP contribution in [0.3, 0.4) is 0 Å². The van der Waals surface area contributed by atoms with E-state index in [1.807, 2.05) is 11.7 Å². The number of nitrogens with zero attached hydrogens (tertiary/aromatic N) is 4. The Morgan fingerprint density at radius 1 is 1.22 bits per heavy atom. The molecule has 0 radical (unpaired) electrons. The summed E-state index contributed by atoms with van der Waals surface area (Å²) in [4.78, 5) is 0. The third-order valence-electron chi connectivity index (χ3n) is 4.58. The molecule has 2 unspecified atom stereocenters. The van der Waals surface area contributed by atoms with Crippen molar-refractivity contribution in [2.45, 2.75) is 38.6 Å². The average molecular weight is 245 g/mol. The van der Waals surface area contributed by atoms with Crippen molar-refractivity contribution in [3.63, 3.8) is 0 Å². The Morgan fingerprint density at radius 2 is 2.06 bits per heavy atom. The highest BCUT2D eigenvalue weighted by molar-refractivity contribution is 5.90. The van der Waals surface area contributed by atoms with E-state index in [0.29, 0.717) is 6.04 Å². The smallest absolute Gasteiger partial charge is 0.182 e. The Hall–Kier alpha value is -1.52. The van der Waals surface area contributed by atoms with Crippen LogP contribution in [0.4, 0.5) is 5.82 Å². The fourth-order valence-corrected chi connectivity index (χ4v) is 3.69. The van der Waals surface area contributed by atoms with Crippen LogP contribution in [0, 0.1) is 12.8 Å². The largest absolute Gasteiger partial charge is 0.369 e. The molecular weight excluding hydrogens is 226 g/mol. The average Bonchev–Trinajstić information content (AvgIpc) is 2.89. The number of rotatable bonds is 0. The van der Waals surface area contributed by atoms with Crippen LogP contribution in [0.2, 0.25) is 0 Å². The van der Waals surface area contributed by atoms with E-state index in [1.165, 1.54) is 36.9 Å². The van der Waals surface area contributed by atoms with Gasteiger partial charge in [0, 0.05) is 13.6 Å². The van der Waals surface area contributed by atoms with Crippen molar-refractivity contribution < 1.29 is 0 Å². The molecule has 1 aliphatic heterocycles. The molecule has 2 atom stereocenters. The number of fused-ring (bicyclic) bond motifs is 5. The predicted octanol–water partition coefficient (Wildman–Crippen LogP) is 2.24. The molecule has 4 rings (SSSR count). The summed E-state index contributed by atoms with van der Waals surface area (Å²) in [5.41, 5.74) is 2.09. The van der Waals surface area contributed by atoms with Crippen molar-refractivity contribution in [2.75, 3.05) is 11.9 Å². The summed E-state index contributed by atoms with van der Waals surface area (Å²) in [6, 6.07) is 0.599. The highest BCUT2D eigenvalue weighted by atomic mass is 15.4. The van der Waals surface area contributed by atoms with Gasteiger partial charge in [0.15, 0.2) is 5.65 Å². The van der Waals surface area contributed by atoms with Crippen LogP contribution in [0.1, 0.15) is 37.4 Å². The lowest BCUT2D eigenvalue weighted by molar-refractivity contribution is 0.223. The maximum atomic E-state index is 4.81. The minimum absolute atomic E-state index is 0.599. The Kier molecular flexibility index (Phi) is 2.02. The molecule has 0 saturated heterocycles. The van der Waals surface area contributed by atoms with E-state index >= 15 is 0 Å². The Bertz CT molecular complexity index is 608. The van der Waals surface area contributed by atoms with Gasteiger partial charge in [0.25, 0.3) is 0 Å². The first-order valence-electron chi connectivity index (χ1n) is 6.91. The summed E-state index contributed by atoms with van der Waals surface area (Å²) in [6.07, 6.45) is 5.33. The minimum atomic E-state index is 0.599. The first-order chi connectivity index (χ1) is 8.75. The van der Waals surface area contributed by atoms with Crippen LogP contribution < -0.4 is 5.32 Å². The molecule has 0 spiro atoms. The third kappa shape index (κ3) is 1.22. The molecule has 1 saturated carbocycles. The van der Waals surface area contributed by atoms with Crippen LogP contribution >= 0.6 is 0 Å². The van der Waals surface area contributed by atoms with Crippen molar-refractivity contribution in [1.29, 1.82) is 0 Å². The lowest BCUT2D eigenvalue weighted by Crippen LogP contribution is -2.35. The molecule has 3 heterocycles. The summed E-state index contributed by atoms with van der Waals surface area (Å²) in [7, 11) is 1.98. The molecule has 0 amide bonds. The van der Waals surface area contributed by atoms with Crippen LogP contribution in [0.25, 0.3) is 11.0 Å². The van der Waals surface area contributed by atoms with E-state index < -0.39 is 0 Å². The van der Waals surface area contributed by atoms with Gasteiger partial charge in [-0.1, -0.05) is 12.8 Å². The molecule has 2 aliphatic rings. The van der Waals surface area contributed by atoms with Gasteiger partial charge in [-0.25, -0.2) is 9.36 Å². The zero-order valence-electron chi connectivity index (χ0n) is 11.0. The first kappa shape index (κ1) is 10.4. The number of nitrogens with one attached hydrogen (secondary N) is 1. The molecule has 1 aliphatic carbocycles. The molecule has 5 nitrogen and oxygen atoms in total. The summed E-state index contributed by atoms with van der Waals surface area (Å²) < 4.78 is 4.14. The molecule has 0 bridgehead atoms. The van der Waals surface area contributed by atoms with E-state index in [-0.39, 0.29) is 0 Å². The lowest BCUT2D eigenvalue weighted by atomic mass is 9.83. The molecule has 18 heavy (non-hydrogen) atoms. The van der Waals surface area contributed by atoms with E-state index in [9.17, 15) is 0 Å². The number of hydrogen-bond acceptors (Lipinski definition) is 3. The van der Waals surface area contributed by atoms with Crippen LogP contribution in [0.15, 0.2) is 0 Å². The fraction of sp³-hybridized carbons (Fsp3) is 0.692. The van der Waals surface area contributed by atoms with Crippen LogP contribution in [0.5, 0.6) is 0 Å². The standard InChI is InChI=1S/C13H19N5/c1-8-11-12-14-7-9-5-3-4-6-10(9)18(12)16-13(11)17(2)15-8/h9-10,14H,3-7H2,1-2H3. The van der Waals surface area contributed by atoms with E-state index in [2.05, 4.69) is 22.0 Å². The van der Waals surface area contributed by atoms with Gasteiger partial charge >= 0.3 is 0 Å². The van der Waals surface area contributed by atoms with Crippen LogP contribution in [-0.4, -0.2) is 26.1 Å². The molecule has 5 heteroatoms. The van der Waals surface area contributed by atoms with Crippen molar-refractivity contribution in [2.24, 2.45) is 13.0 Å². The van der Waals surface area contributed by atoms with Crippen molar-refractivity contribution in [1.82, 2.24) is 19.6 Å². The van der Waals surface area contributed by atoms with Gasteiger partial charge in [0.2, 0.25) is 0 Å². The van der Waals surface area contributed by atoms with Crippen LogP contribution in [-0.2, 0) is 7.05 Å². The number of aryl methyl sites for hydroxylation is 2. The van der Waals surface area contributed by atoms with Gasteiger partial charge in [-0.05, 0) is 25.7 Å². The molecule has 2 aromatic rings. The molecule has 2 aromatic heterocycles. The molecular formula is C13H19N5. The number of aromatic nitrogens is 4. The SMILES string of the molecule is Cc1nn(C)c2nn3c(c12)NCC1CCCCC13. The highest BCUT2D eigenvalue weighted by Crippen LogP contribution is 2.41. The van der Waals surface area contributed by atoms with Crippen molar-refractivity contribution >= 4 is 16.9 Å². The maximum absolute atomic E-state index is 4.81. The summed E-state index contributed by atoms with van der Waals surface area (Å²) >= 11 is 0. The van der Waals surface area contributed by atoms with E-state index in [0.717, 1.165) is 23.8 Å². The van der Waals surface area contributed by atoms with E-state index in [4.69, 9.17) is 5.10 Å². The zero-order chi connectivity index (χ0) is 12.3. The maximum Gasteiger partial charge on any atom is 0.182 e. The molecule has 96 valence electrons. The monoisotopic (exact) mass is 245 g/mol. The van der Waals surface area contributed by atoms with Gasteiger partial charge in [0.05, 0.1) is 17.1 Å². The Labute approximate surface area is 106 Å². The molecule has 1 fully saturated rings. The second kappa shape index (κ2) is 3.49. The summed E-state index contributed by atoms with van der Waals surface area (Å²) in [5.74, 6) is 1.95. The topological polar surface area (TPSA) is 47.7 Å². The van der Waals surface area contributed by atoms with Crippen molar-refractivity contribution in [3.05, 3.63) is 5.69 Å². The summed E-state index contributed by atoms with van der Waals surface area (Å²) in [5, 5.41) is 14.1. The first-order valence-corrected chi connectivity index (χ1v) is 6.91. The number of hydrogen-bond donors (Lipinski definition) is 1. The van der Waals surface area contributed by atoms with Gasteiger partial charge in [-0.2, -0.15) is 10.2 Å². The normalized spacial score (nSPS) is 26.8. The minimum Gasteiger partial charge on any atom is -0.369 e. The van der Waals surface area contributed by atoms with Gasteiger partial charge in [0.1, 0.15) is 5.82 Å². The lowest BCUT2D eigenvalue weighted by Gasteiger charge is -2.37. The molecule has 0 aromatic carbocycles. The quantitative estimate of drug-likeness (QED) is 0.774. The second-order valence-corrected chi connectivity index (χ2v) is 5.69. The van der Waals surface area contributed by atoms with Gasteiger partial charge in [-0.15, -0.1) is 0 Å². The third-order valence-corrected chi connectivity index (χ3v) is 4.58. The highest BCUT2D eigenvalue weighted by Gasteiger charge is 2.34. The number of anilines is 1. The summed E-state index contributed by atoms with van der Waals surface area (Å²) in [6.45, 7) is 3.17. The Morgan fingerprint density at radius 3 is 2.94 bits per heavy atom. The van der Waals surface area contributed by atoms with E-state index in [1.54, 1.807) is 0 Å².